The van der Waals surface area contributed by atoms with Crippen molar-refractivity contribution in [2.75, 3.05) is 0 Å². The molecule has 0 saturated heterocycles. The zero-order valence-electron chi connectivity index (χ0n) is 6.65. The highest BCUT2D eigenvalue weighted by atomic mass is 32.1. The molecule has 0 aliphatic rings. The Bertz CT molecular complexity index is 280. The first-order valence-corrected chi connectivity index (χ1v) is 4.43. The Balaban J connectivity index is 2.64. The van der Waals surface area contributed by atoms with Gasteiger partial charge in [0.25, 0.3) is 0 Å². The van der Waals surface area contributed by atoms with Gasteiger partial charge >= 0.3 is 5.97 Å². The Morgan fingerprint density at radius 2 is 2.42 bits per heavy atom. The molecule has 1 atom stereocenters. The van der Waals surface area contributed by atoms with Gasteiger partial charge in [-0.05, 0) is 23.9 Å². The molecule has 0 amide bonds. The number of aryl methyl sites for hydroxylation is 1. The summed E-state index contributed by atoms with van der Waals surface area (Å²) in [4.78, 5) is 11.2. The van der Waals surface area contributed by atoms with E-state index >= 15 is 0 Å². The molecule has 3 nitrogen and oxygen atoms in total. The first-order valence-electron chi connectivity index (χ1n) is 3.55. The van der Waals surface area contributed by atoms with Gasteiger partial charge in [-0.15, -0.1) is 11.3 Å². The van der Waals surface area contributed by atoms with E-state index in [1.54, 1.807) is 0 Å². The number of hydrogen-bond donors (Lipinski definition) is 2. The fourth-order valence-electron chi connectivity index (χ4n) is 0.876. The molecule has 1 rings (SSSR count). The second kappa shape index (κ2) is 3.69. The van der Waals surface area contributed by atoms with E-state index in [0.29, 0.717) is 0 Å². The van der Waals surface area contributed by atoms with Gasteiger partial charge in [-0.25, -0.2) is 4.79 Å². The summed E-state index contributed by atoms with van der Waals surface area (Å²) in [6.07, 6.45) is -1.07. The van der Waals surface area contributed by atoms with Gasteiger partial charge in [0.15, 0.2) is 6.10 Å². The van der Waals surface area contributed by atoms with Crippen LogP contribution < -0.4 is 0 Å². The van der Waals surface area contributed by atoms with Crippen molar-refractivity contribution in [1.29, 1.82) is 0 Å². The maximum absolute atomic E-state index is 10.3. The highest BCUT2D eigenvalue weighted by molar-refractivity contribution is 7.10. The molecule has 12 heavy (non-hydrogen) atoms. The van der Waals surface area contributed by atoms with Gasteiger partial charge in [0.05, 0.1) is 0 Å². The zero-order valence-corrected chi connectivity index (χ0v) is 7.47. The van der Waals surface area contributed by atoms with E-state index in [0.717, 1.165) is 10.4 Å². The maximum Gasteiger partial charge on any atom is 0.332 e. The van der Waals surface area contributed by atoms with Crippen molar-refractivity contribution in [3.63, 3.8) is 0 Å². The van der Waals surface area contributed by atoms with Crippen LogP contribution in [-0.2, 0) is 11.2 Å². The molecule has 1 heterocycles. The number of hydrogen-bond acceptors (Lipinski definition) is 3. The van der Waals surface area contributed by atoms with Crippen molar-refractivity contribution in [2.24, 2.45) is 0 Å². The smallest absolute Gasteiger partial charge is 0.332 e. The summed E-state index contributed by atoms with van der Waals surface area (Å²) in [5.41, 5.74) is 1.04. The molecule has 0 aliphatic carbocycles. The molecule has 0 radical (unpaired) electrons. The molecule has 0 aliphatic heterocycles. The molecule has 0 fully saturated rings. The lowest BCUT2D eigenvalue weighted by Gasteiger charge is -2.03. The Labute approximate surface area is 74.3 Å². The lowest BCUT2D eigenvalue weighted by Crippen LogP contribution is -2.21. The SMILES string of the molecule is Cc1ccsc1C[C@@H](O)C(=O)O. The Hall–Kier alpha value is -0.870. The van der Waals surface area contributed by atoms with Crippen LogP contribution in [-0.4, -0.2) is 22.3 Å². The summed E-state index contributed by atoms with van der Waals surface area (Å²) < 4.78 is 0. The van der Waals surface area contributed by atoms with Gasteiger partial charge in [-0.3, -0.25) is 0 Å². The van der Waals surface area contributed by atoms with Gasteiger partial charge in [0.2, 0.25) is 0 Å². The Morgan fingerprint density at radius 3 is 2.83 bits per heavy atom. The molecule has 0 saturated carbocycles. The van der Waals surface area contributed by atoms with Gasteiger partial charge in [-0.1, -0.05) is 0 Å². The van der Waals surface area contributed by atoms with Gasteiger partial charge in [0, 0.05) is 11.3 Å². The fraction of sp³-hybridized carbons (Fsp3) is 0.375. The Morgan fingerprint density at radius 1 is 1.75 bits per heavy atom. The van der Waals surface area contributed by atoms with Gasteiger partial charge < -0.3 is 10.2 Å². The third-order valence-electron chi connectivity index (χ3n) is 1.63. The van der Waals surface area contributed by atoms with Crippen LogP contribution in [0.15, 0.2) is 11.4 Å². The van der Waals surface area contributed by atoms with Crippen LogP contribution in [0.4, 0.5) is 0 Å². The second-order valence-corrected chi connectivity index (χ2v) is 3.59. The molecular formula is C8H10O3S. The van der Waals surface area contributed by atoms with E-state index in [-0.39, 0.29) is 6.42 Å². The third kappa shape index (κ3) is 2.06. The predicted molar refractivity (Wildman–Crippen MR) is 46.4 cm³/mol. The van der Waals surface area contributed by atoms with Crippen molar-refractivity contribution in [1.82, 2.24) is 0 Å². The molecule has 0 bridgehead atoms. The highest BCUT2D eigenvalue weighted by Gasteiger charge is 2.15. The average Bonchev–Trinajstić information content (AvgIpc) is 2.36. The van der Waals surface area contributed by atoms with Crippen LogP contribution >= 0.6 is 11.3 Å². The monoisotopic (exact) mass is 186 g/mol. The number of thiophene rings is 1. The summed E-state index contributed by atoms with van der Waals surface area (Å²) in [5, 5.41) is 19.3. The summed E-state index contributed by atoms with van der Waals surface area (Å²) >= 11 is 1.47. The summed E-state index contributed by atoms with van der Waals surface area (Å²) in [6, 6.07) is 1.91. The van der Waals surface area contributed by atoms with Crippen molar-refractivity contribution in [3.05, 3.63) is 21.9 Å². The van der Waals surface area contributed by atoms with E-state index in [1.807, 2.05) is 18.4 Å². The van der Waals surface area contributed by atoms with E-state index < -0.39 is 12.1 Å². The van der Waals surface area contributed by atoms with Gasteiger partial charge in [-0.2, -0.15) is 0 Å². The fourth-order valence-corrected chi connectivity index (χ4v) is 1.82. The molecule has 2 N–H and O–H groups in total. The van der Waals surface area contributed by atoms with Crippen LogP contribution in [0.3, 0.4) is 0 Å². The summed E-state index contributed by atoms with van der Waals surface area (Å²) in [5.74, 6) is -1.16. The normalized spacial score (nSPS) is 12.8. The number of aliphatic hydroxyl groups is 1. The van der Waals surface area contributed by atoms with Crippen molar-refractivity contribution in [3.8, 4) is 0 Å². The third-order valence-corrected chi connectivity index (χ3v) is 2.68. The van der Waals surface area contributed by atoms with E-state index in [9.17, 15) is 4.79 Å². The minimum absolute atomic E-state index is 0.207. The highest BCUT2D eigenvalue weighted by Crippen LogP contribution is 2.17. The summed E-state index contributed by atoms with van der Waals surface area (Å²) in [7, 11) is 0. The quantitative estimate of drug-likeness (QED) is 0.741. The molecule has 66 valence electrons. The Kier molecular flexibility index (Phi) is 2.83. The molecular weight excluding hydrogens is 176 g/mol. The van der Waals surface area contributed by atoms with Crippen molar-refractivity contribution in [2.45, 2.75) is 19.4 Å². The lowest BCUT2D eigenvalue weighted by atomic mass is 10.2. The molecule has 0 unspecified atom stereocenters. The van der Waals surface area contributed by atoms with Crippen LogP contribution in [0.25, 0.3) is 0 Å². The molecule has 1 aromatic heterocycles. The number of carboxylic acid groups (broad SMARTS) is 1. The molecule has 0 spiro atoms. The number of carbonyl (C=O) groups is 1. The molecule has 0 aromatic carbocycles. The van der Waals surface area contributed by atoms with Crippen molar-refractivity contribution < 1.29 is 15.0 Å². The van der Waals surface area contributed by atoms with E-state index in [2.05, 4.69) is 0 Å². The molecule has 1 aromatic rings. The van der Waals surface area contributed by atoms with Crippen LogP contribution in [0.2, 0.25) is 0 Å². The van der Waals surface area contributed by atoms with E-state index in [1.165, 1.54) is 11.3 Å². The van der Waals surface area contributed by atoms with Crippen molar-refractivity contribution >= 4 is 17.3 Å². The predicted octanol–water partition coefficient (Wildman–Crippen LogP) is 1.04. The number of rotatable bonds is 3. The second-order valence-electron chi connectivity index (χ2n) is 2.58. The minimum Gasteiger partial charge on any atom is -0.479 e. The average molecular weight is 186 g/mol. The van der Waals surface area contributed by atoms with Crippen LogP contribution in [0.5, 0.6) is 0 Å². The van der Waals surface area contributed by atoms with Gasteiger partial charge in [0.1, 0.15) is 0 Å². The topological polar surface area (TPSA) is 57.5 Å². The maximum atomic E-state index is 10.3. The molecule has 4 heteroatoms. The first-order chi connectivity index (χ1) is 5.61. The number of aliphatic carboxylic acids is 1. The standard InChI is InChI=1S/C8H10O3S/c1-5-2-3-12-7(5)4-6(9)8(10)11/h2-3,6,9H,4H2,1H3,(H,10,11)/t6-/m1/s1. The first kappa shape index (κ1) is 9.22. The lowest BCUT2D eigenvalue weighted by molar-refractivity contribution is -0.146. The zero-order chi connectivity index (χ0) is 9.14. The number of carboxylic acids is 1. The number of aliphatic hydroxyl groups excluding tert-OH is 1. The van der Waals surface area contributed by atoms with E-state index in [4.69, 9.17) is 10.2 Å². The minimum atomic E-state index is -1.28. The largest absolute Gasteiger partial charge is 0.479 e. The van der Waals surface area contributed by atoms with Crippen LogP contribution in [0, 0.1) is 6.92 Å². The van der Waals surface area contributed by atoms with Crippen LogP contribution in [0.1, 0.15) is 10.4 Å². The summed E-state index contributed by atoms with van der Waals surface area (Å²) in [6.45, 7) is 1.90.